The van der Waals surface area contributed by atoms with Crippen molar-refractivity contribution in [2.45, 2.75) is 19.9 Å². The molecule has 6 nitrogen and oxygen atoms in total. The number of likely N-dealkylation sites (N-methyl/N-ethyl adjacent to an activating group) is 1. The molecule has 3 rings (SSSR count). The lowest BCUT2D eigenvalue weighted by Crippen LogP contribution is -2.38. The Hall–Kier alpha value is -3.12. The average molecular weight is 422 g/mol. The maximum absolute atomic E-state index is 13.0. The molecule has 1 atom stereocenters. The molecule has 0 spiro atoms. The molecule has 6 heteroatoms. The molecule has 1 N–H and O–H groups in total. The molecule has 2 aromatic carbocycles. The zero-order chi connectivity index (χ0) is 22.5. The fraction of sp³-hybridized carbons (Fsp3) is 0.360. The number of aliphatic hydroxyl groups is 1. The molecule has 0 saturated carbocycles. The van der Waals surface area contributed by atoms with Crippen molar-refractivity contribution in [3.05, 3.63) is 71.3 Å². The number of hydrogen-bond donors (Lipinski definition) is 1. The number of nitrogens with zero attached hydrogens (tertiary/aromatic N) is 3. The van der Waals surface area contributed by atoms with Gasteiger partial charge in [0.1, 0.15) is 5.76 Å². The van der Waals surface area contributed by atoms with E-state index in [4.69, 9.17) is 0 Å². The summed E-state index contributed by atoms with van der Waals surface area (Å²) in [6.07, 6.45) is 0. The fourth-order valence-corrected chi connectivity index (χ4v) is 3.95. The summed E-state index contributed by atoms with van der Waals surface area (Å²) in [6.45, 7) is 6.96. The van der Waals surface area contributed by atoms with E-state index in [2.05, 4.69) is 18.7 Å². The molecule has 1 saturated heterocycles. The van der Waals surface area contributed by atoms with Crippen LogP contribution in [0, 0.1) is 0 Å². The number of Topliss-reactive ketones (excluding diaryl/α,β-unsaturated/α-hetero) is 1. The Morgan fingerprint density at radius 3 is 2.13 bits per heavy atom. The van der Waals surface area contributed by atoms with Crippen LogP contribution in [-0.4, -0.2) is 66.9 Å². The zero-order valence-corrected chi connectivity index (χ0v) is 18.7. The molecule has 31 heavy (non-hydrogen) atoms. The Bertz CT molecular complexity index is 948. The number of aliphatic hydroxyl groups excluding tert-OH is 1. The fourth-order valence-electron chi connectivity index (χ4n) is 3.95. The lowest BCUT2D eigenvalue weighted by atomic mass is 9.95. The van der Waals surface area contributed by atoms with Gasteiger partial charge in [-0.25, -0.2) is 0 Å². The van der Waals surface area contributed by atoms with Crippen LogP contribution in [0.5, 0.6) is 0 Å². The SMILES string of the molecule is CCN(CC)CCN1C(=O)C(=O)C(=C(O)c2ccccc2)[C@@H]1c1ccc(N(C)C)cc1. The monoisotopic (exact) mass is 421 g/mol. The predicted molar refractivity (Wildman–Crippen MR) is 124 cm³/mol. The summed E-state index contributed by atoms with van der Waals surface area (Å²) >= 11 is 0. The summed E-state index contributed by atoms with van der Waals surface area (Å²) in [5.74, 6) is -1.33. The molecule has 0 aromatic heterocycles. The smallest absolute Gasteiger partial charge is 0.295 e. The van der Waals surface area contributed by atoms with Gasteiger partial charge in [0, 0.05) is 38.4 Å². The van der Waals surface area contributed by atoms with Gasteiger partial charge in [0.25, 0.3) is 11.7 Å². The van der Waals surface area contributed by atoms with Crippen molar-refractivity contribution in [1.29, 1.82) is 0 Å². The Kier molecular flexibility index (Phi) is 7.13. The molecule has 1 aliphatic heterocycles. The predicted octanol–water partition coefficient (Wildman–Crippen LogP) is 3.52. The zero-order valence-electron chi connectivity index (χ0n) is 18.7. The standard InChI is InChI=1S/C25H31N3O3/c1-5-27(6-2)16-17-28-22(18-12-14-20(15-13-18)26(3)4)21(24(30)25(28)31)23(29)19-10-8-7-9-11-19/h7-15,22,29H,5-6,16-17H2,1-4H3/t22-/m0/s1. The van der Waals surface area contributed by atoms with E-state index in [-0.39, 0.29) is 11.3 Å². The van der Waals surface area contributed by atoms with Crippen LogP contribution in [0.15, 0.2) is 60.2 Å². The summed E-state index contributed by atoms with van der Waals surface area (Å²) in [5.41, 5.74) is 2.50. The molecule has 0 radical (unpaired) electrons. The first kappa shape index (κ1) is 22.6. The van der Waals surface area contributed by atoms with Crippen molar-refractivity contribution in [3.63, 3.8) is 0 Å². The third-order valence-electron chi connectivity index (χ3n) is 5.86. The summed E-state index contributed by atoms with van der Waals surface area (Å²) in [7, 11) is 3.92. The second-order valence-corrected chi connectivity index (χ2v) is 7.87. The molecule has 1 aliphatic rings. The second-order valence-electron chi connectivity index (χ2n) is 7.87. The van der Waals surface area contributed by atoms with Crippen molar-refractivity contribution in [1.82, 2.24) is 9.80 Å². The maximum Gasteiger partial charge on any atom is 0.295 e. The van der Waals surface area contributed by atoms with E-state index in [1.165, 1.54) is 0 Å². The van der Waals surface area contributed by atoms with E-state index in [9.17, 15) is 14.7 Å². The van der Waals surface area contributed by atoms with Crippen LogP contribution < -0.4 is 4.90 Å². The van der Waals surface area contributed by atoms with Gasteiger partial charge in [-0.2, -0.15) is 0 Å². The quantitative estimate of drug-likeness (QED) is 0.401. The van der Waals surface area contributed by atoms with E-state index >= 15 is 0 Å². The highest BCUT2D eigenvalue weighted by Crippen LogP contribution is 2.39. The summed E-state index contributed by atoms with van der Waals surface area (Å²) in [5, 5.41) is 11.0. The molecule has 0 aliphatic carbocycles. The van der Waals surface area contributed by atoms with E-state index in [1.54, 1.807) is 29.2 Å². The Labute approximate surface area is 184 Å². The highest BCUT2D eigenvalue weighted by atomic mass is 16.3. The minimum Gasteiger partial charge on any atom is -0.507 e. The Morgan fingerprint density at radius 2 is 1.58 bits per heavy atom. The summed E-state index contributed by atoms with van der Waals surface area (Å²) in [6, 6.07) is 16.1. The van der Waals surface area contributed by atoms with Gasteiger partial charge in [-0.05, 0) is 30.8 Å². The number of benzene rings is 2. The second kappa shape index (κ2) is 9.79. The number of ketones is 1. The number of carbonyl (C=O) groups is 2. The van der Waals surface area contributed by atoms with Gasteiger partial charge in [-0.3, -0.25) is 9.59 Å². The molecule has 0 unspecified atom stereocenters. The van der Waals surface area contributed by atoms with E-state index in [0.29, 0.717) is 18.7 Å². The van der Waals surface area contributed by atoms with Crippen molar-refractivity contribution < 1.29 is 14.7 Å². The van der Waals surface area contributed by atoms with E-state index in [0.717, 1.165) is 24.3 Å². The van der Waals surface area contributed by atoms with Gasteiger partial charge in [0.2, 0.25) is 0 Å². The molecule has 0 bridgehead atoms. The maximum atomic E-state index is 13.0. The highest BCUT2D eigenvalue weighted by Gasteiger charge is 2.45. The van der Waals surface area contributed by atoms with E-state index < -0.39 is 17.7 Å². The van der Waals surface area contributed by atoms with Crippen LogP contribution >= 0.6 is 0 Å². The van der Waals surface area contributed by atoms with Crippen molar-refractivity contribution in [2.24, 2.45) is 0 Å². The summed E-state index contributed by atoms with van der Waals surface area (Å²) < 4.78 is 0. The lowest BCUT2D eigenvalue weighted by Gasteiger charge is -2.28. The molecule has 164 valence electrons. The number of anilines is 1. The van der Waals surface area contributed by atoms with Crippen LogP contribution in [0.4, 0.5) is 5.69 Å². The van der Waals surface area contributed by atoms with Gasteiger partial charge in [0.05, 0.1) is 11.6 Å². The van der Waals surface area contributed by atoms with E-state index in [1.807, 2.05) is 49.3 Å². The molecule has 2 aromatic rings. The topological polar surface area (TPSA) is 64.1 Å². The Balaban J connectivity index is 2.08. The third-order valence-corrected chi connectivity index (χ3v) is 5.86. The van der Waals surface area contributed by atoms with Crippen LogP contribution in [0.1, 0.15) is 31.0 Å². The lowest BCUT2D eigenvalue weighted by molar-refractivity contribution is -0.140. The molecular weight excluding hydrogens is 390 g/mol. The summed E-state index contributed by atoms with van der Waals surface area (Å²) in [4.78, 5) is 31.8. The normalized spacial score (nSPS) is 18.1. The first-order valence-corrected chi connectivity index (χ1v) is 10.7. The van der Waals surface area contributed by atoms with Crippen molar-refractivity contribution in [2.75, 3.05) is 45.2 Å². The number of rotatable bonds is 8. The average Bonchev–Trinajstić information content (AvgIpc) is 3.04. The number of carbonyl (C=O) groups excluding carboxylic acids is 2. The number of amides is 1. The number of likely N-dealkylation sites (tertiary alicyclic amines) is 1. The molecule has 1 amide bonds. The highest BCUT2D eigenvalue weighted by molar-refractivity contribution is 6.46. The van der Waals surface area contributed by atoms with Gasteiger partial charge < -0.3 is 19.8 Å². The van der Waals surface area contributed by atoms with Crippen molar-refractivity contribution >= 4 is 23.1 Å². The first-order chi connectivity index (χ1) is 14.9. The minimum atomic E-state index is -0.636. The van der Waals surface area contributed by atoms with Gasteiger partial charge in [0.15, 0.2) is 0 Å². The van der Waals surface area contributed by atoms with Gasteiger partial charge in [-0.15, -0.1) is 0 Å². The van der Waals surface area contributed by atoms with Crippen LogP contribution in [0.2, 0.25) is 0 Å². The largest absolute Gasteiger partial charge is 0.507 e. The number of hydrogen-bond acceptors (Lipinski definition) is 5. The van der Waals surface area contributed by atoms with Gasteiger partial charge in [-0.1, -0.05) is 56.3 Å². The van der Waals surface area contributed by atoms with Gasteiger partial charge >= 0.3 is 0 Å². The minimum absolute atomic E-state index is 0.133. The van der Waals surface area contributed by atoms with Crippen LogP contribution in [0.3, 0.4) is 0 Å². The molecule has 1 fully saturated rings. The van der Waals surface area contributed by atoms with Crippen LogP contribution in [0.25, 0.3) is 5.76 Å². The molecular formula is C25H31N3O3. The molecule has 1 heterocycles. The van der Waals surface area contributed by atoms with Crippen molar-refractivity contribution in [3.8, 4) is 0 Å². The Morgan fingerprint density at radius 1 is 0.968 bits per heavy atom. The van der Waals surface area contributed by atoms with Crippen LogP contribution in [-0.2, 0) is 9.59 Å². The third kappa shape index (κ3) is 4.64. The first-order valence-electron chi connectivity index (χ1n) is 10.7.